The highest BCUT2D eigenvalue weighted by molar-refractivity contribution is 6.40. The predicted octanol–water partition coefficient (Wildman–Crippen LogP) is 2.30. The molecule has 0 aliphatic carbocycles. The molecule has 3 rings (SSSR count). The van der Waals surface area contributed by atoms with Gasteiger partial charge in [-0.05, 0) is 43.0 Å². The molecule has 2 aromatic rings. The van der Waals surface area contributed by atoms with E-state index in [-0.39, 0.29) is 6.04 Å². The summed E-state index contributed by atoms with van der Waals surface area (Å²) in [5.41, 5.74) is 9.07. The van der Waals surface area contributed by atoms with Gasteiger partial charge in [-0.25, -0.2) is 0 Å². The fraction of sp³-hybridized carbons (Fsp3) is 0.333. The number of piperidine rings is 1. The minimum absolute atomic E-state index is 0.0191. The molecule has 1 aliphatic heterocycles. The Balaban J connectivity index is 1.45. The van der Waals surface area contributed by atoms with Crippen LogP contribution in [0.3, 0.4) is 0 Å². The normalized spacial score (nSPS) is 15.3. The molecule has 6 nitrogen and oxygen atoms in total. The second kappa shape index (κ2) is 8.68. The summed E-state index contributed by atoms with van der Waals surface area (Å²) in [6, 6.07) is 15.7. The van der Waals surface area contributed by atoms with Crippen molar-refractivity contribution in [2.75, 3.05) is 24.1 Å². The predicted molar refractivity (Wildman–Crippen MR) is 107 cm³/mol. The molecule has 1 fully saturated rings. The topological polar surface area (TPSA) is 87.5 Å². The molecule has 0 atom stereocenters. The number of nitrogens with two attached hydrogens (primary N) is 1. The molecular formula is C21H26N4O2. The van der Waals surface area contributed by atoms with E-state index < -0.39 is 11.8 Å². The van der Waals surface area contributed by atoms with E-state index in [1.807, 2.05) is 31.2 Å². The van der Waals surface area contributed by atoms with Crippen LogP contribution in [0.25, 0.3) is 0 Å². The molecule has 0 bridgehead atoms. The Labute approximate surface area is 159 Å². The number of carbonyl (C=O) groups excluding carboxylic acids is 2. The summed E-state index contributed by atoms with van der Waals surface area (Å²) in [6.45, 7) is 4.62. The molecule has 1 heterocycles. The Morgan fingerprint density at radius 2 is 1.78 bits per heavy atom. The van der Waals surface area contributed by atoms with Crippen LogP contribution in [0.5, 0.6) is 0 Å². The van der Waals surface area contributed by atoms with Crippen molar-refractivity contribution in [1.82, 2.24) is 10.2 Å². The van der Waals surface area contributed by atoms with Gasteiger partial charge in [0.05, 0.1) is 11.4 Å². The number of aryl methyl sites for hydroxylation is 1. The minimum atomic E-state index is -0.683. The number of anilines is 2. The van der Waals surface area contributed by atoms with E-state index in [4.69, 9.17) is 5.73 Å². The molecule has 27 heavy (non-hydrogen) atoms. The van der Waals surface area contributed by atoms with Gasteiger partial charge in [-0.15, -0.1) is 0 Å². The van der Waals surface area contributed by atoms with E-state index in [1.54, 1.807) is 12.1 Å². The van der Waals surface area contributed by atoms with Crippen molar-refractivity contribution in [1.29, 1.82) is 0 Å². The highest BCUT2D eigenvalue weighted by Gasteiger charge is 2.23. The van der Waals surface area contributed by atoms with E-state index in [2.05, 4.69) is 27.7 Å². The number of nitrogen functional groups attached to an aromatic ring is 1. The zero-order valence-electron chi connectivity index (χ0n) is 15.6. The molecule has 0 aromatic heterocycles. The molecule has 0 spiro atoms. The van der Waals surface area contributed by atoms with Crippen molar-refractivity contribution < 1.29 is 9.59 Å². The van der Waals surface area contributed by atoms with Crippen LogP contribution in [0.2, 0.25) is 0 Å². The van der Waals surface area contributed by atoms with Gasteiger partial charge in [0.1, 0.15) is 0 Å². The Morgan fingerprint density at radius 3 is 2.44 bits per heavy atom. The summed E-state index contributed by atoms with van der Waals surface area (Å²) in [5, 5.41) is 5.42. The van der Waals surface area contributed by atoms with Crippen LogP contribution in [0.15, 0.2) is 48.5 Å². The molecule has 2 amide bonds. The minimum Gasteiger partial charge on any atom is -0.397 e. The summed E-state index contributed by atoms with van der Waals surface area (Å²) in [6.07, 6.45) is 1.66. The molecule has 1 aliphatic rings. The Morgan fingerprint density at radius 1 is 1.07 bits per heavy atom. The van der Waals surface area contributed by atoms with Crippen LogP contribution in [-0.2, 0) is 16.1 Å². The molecule has 142 valence electrons. The van der Waals surface area contributed by atoms with Gasteiger partial charge in [0, 0.05) is 25.7 Å². The molecule has 2 aromatic carbocycles. The Bertz CT molecular complexity index is 799. The quantitative estimate of drug-likeness (QED) is 0.572. The maximum absolute atomic E-state index is 12.2. The number of rotatable bonds is 4. The number of likely N-dealkylation sites (tertiary alicyclic amines) is 1. The first kappa shape index (κ1) is 18.9. The lowest BCUT2D eigenvalue weighted by atomic mass is 10.0. The maximum Gasteiger partial charge on any atom is 0.313 e. The fourth-order valence-corrected chi connectivity index (χ4v) is 3.30. The van der Waals surface area contributed by atoms with Gasteiger partial charge >= 0.3 is 11.8 Å². The van der Waals surface area contributed by atoms with Crippen LogP contribution in [0.1, 0.15) is 24.0 Å². The standard InChI is InChI=1S/C21H26N4O2/c1-15-7-8-19(18(22)13-15)24-21(27)20(26)23-17-9-11-25(12-10-17)14-16-5-3-2-4-6-16/h2-8,13,17H,9-12,14,22H2,1H3,(H,23,26)(H,24,27). The third-order valence-electron chi connectivity index (χ3n) is 4.83. The molecule has 0 radical (unpaired) electrons. The van der Waals surface area contributed by atoms with Gasteiger partial charge in [-0.1, -0.05) is 36.4 Å². The second-order valence-corrected chi connectivity index (χ2v) is 7.05. The van der Waals surface area contributed by atoms with Crippen LogP contribution in [0, 0.1) is 6.92 Å². The van der Waals surface area contributed by atoms with E-state index in [0.29, 0.717) is 11.4 Å². The van der Waals surface area contributed by atoms with Crippen LogP contribution in [0.4, 0.5) is 11.4 Å². The summed E-state index contributed by atoms with van der Waals surface area (Å²) >= 11 is 0. The van der Waals surface area contributed by atoms with Crippen molar-refractivity contribution >= 4 is 23.2 Å². The van der Waals surface area contributed by atoms with Crippen molar-refractivity contribution in [2.24, 2.45) is 0 Å². The van der Waals surface area contributed by atoms with Crippen LogP contribution >= 0.6 is 0 Å². The third-order valence-corrected chi connectivity index (χ3v) is 4.83. The molecule has 0 unspecified atom stereocenters. The lowest BCUT2D eigenvalue weighted by Gasteiger charge is -2.32. The lowest BCUT2D eigenvalue weighted by Crippen LogP contribution is -2.47. The number of benzene rings is 2. The molecule has 1 saturated heterocycles. The van der Waals surface area contributed by atoms with Gasteiger partial charge < -0.3 is 16.4 Å². The number of hydrogen-bond acceptors (Lipinski definition) is 4. The summed E-state index contributed by atoms with van der Waals surface area (Å²) in [5.74, 6) is -1.30. The molecule has 4 N–H and O–H groups in total. The van der Waals surface area contributed by atoms with Crippen molar-refractivity contribution in [3.8, 4) is 0 Å². The van der Waals surface area contributed by atoms with Crippen molar-refractivity contribution in [3.63, 3.8) is 0 Å². The number of nitrogens with zero attached hydrogens (tertiary/aromatic N) is 1. The van der Waals surface area contributed by atoms with E-state index in [9.17, 15) is 9.59 Å². The third kappa shape index (κ3) is 5.31. The SMILES string of the molecule is Cc1ccc(NC(=O)C(=O)NC2CCN(Cc3ccccc3)CC2)c(N)c1. The maximum atomic E-state index is 12.2. The number of amides is 2. The second-order valence-electron chi connectivity index (χ2n) is 7.05. The largest absolute Gasteiger partial charge is 0.397 e. The molecular weight excluding hydrogens is 340 g/mol. The van der Waals surface area contributed by atoms with E-state index >= 15 is 0 Å². The van der Waals surface area contributed by atoms with Gasteiger partial charge in [-0.3, -0.25) is 14.5 Å². The zero-order chi connectivity index (χ0) is 19.2. The van der Waals surface area contributed by atoms with Crippen molar-refractivity contribution in [3.05, 3.63) is 59.7 Å². The highest BCUT2D eigenvalue weighted by atomic mass is 16.2. The smallest absolute Gasteiger partial charge is 0.313 e. The summed E-state index contributed by atoms with van der Waals surface area (Å²) in [4.78, 5) is 26.7. The monoisotopic (exact) mass is 366 g/mol. The van der Waals surface area contributed by atoms with Crippen LogP contribution < -0.4 is 16.4 Å². The van der Waals surface area contributed by atoms with Gasteiger partial charge in [0.15, 0.2) is 0 Å². The van der Waals surface area contributed by atoms with E-state index in [0.717, 1.165) is 38.0 Å². The average molecular weight is 366 g/mol. The first-order valence-electron chi connectivity index (χ1n) is 9.25. The molecule has 0 saturated carbocycles. The summed E-state index contributed by atoms with van der Waals surface area (Å²) < 4.78 is 0. The number of carbonyl (C=O) groups is 2. The van der Waals surface area contributed by atoms with Gasteiger partial charge in [0.25, 0.3) is 0 Å². The Kier molecular flexibility index (Phi) is 6.08. The number of nitrogens with one attached hydrogen (secondary N) is 2. The van der Waals surface area contributed by atoms with Crippen LogP contribution in [-0.4, -0.2) is 35.8 Å². The summed E-state index contributed by atoms with van der Waals surface area (Å²) in [7, 11) is 0. The van der Waals surface area contributed by atoms with Crippen molar-refractivity contribution in [2.45, 2.75) is 32.4 Å². The fourth-order valence-electron chi connectivity index (χ4n) is 3.30. The first-order chi connectivity index (χ1) is 13.0. The zero-order valence-corrected chi connectivity index (χ0v) is 15.6. The molecule has 6 heteroatoms. The lowest BCUT2D eigenvalue weighted by molar-refractivity contribution is -0.136. The van der Waals surface area contributed by atoms with Gasteiger partial charge in [-0.2, -0.15) is 0 Å². The van der Waals surface area contributed by atoms with E-state index in [1.165, 1.54) is 5.56 Å². The number of hydrogen-bond donors (Lipinski definition) is 3. The first-order valence-corrected chi connectivity index (χ1v) is 9.25. The Hall–Kier alpha value is -2.86. The highest BCUT2D eigenvalue weighted by Crippen LogP contribution is 2.19. The van der Waals surface area contributed by atoms with Gasteiger partial charge in [0.2, 0.25) is 0 Å². The average Bonchev–Trinajstić information content (AvgIpc) is 2.66.